The van der Waals surface area contributed by atoms with E-state index < -0.39 is 5.92 Å². The van der Waals surface area contributed by atoms with E-state index in [0.29, 0.717) is 17.4 Å². The summed E-state index contributed by atoms with van der Waals surface area (Å²) in [6.45, 7) is 2.47. The molecule has 1 aliphatic heterocycles. The molecule has 3 aromatic rings. The van der Waals surface area contributed by atoms with Gasteiger partial charge in [-0.1, -0.05) is 48.6 Å². The number of nitrogens with one attached hydrogen (secondary N) is 1. The van der Waals surface area contributed by atoms with Crippen molar-refractivity contribution in [3.63, 3.8) is 0 Å². The molecule has 1 aromatic heterocycles. The van der Waals surface area contributed by atoms with Gasteiger partial charge >= 0.3 is 0 Å². The van der Waals surface area contributed by atoms with Gasteiger partial charge in [-0.2, -0.15) is 0 Å². The molecule has 1 unspecified atom stereocenters. The SMILES string of the molecule is CCc1ccc(N2CC(C(=O)Nc3nnc(CSc4ccccc4)s3)CC2=O)cc1. The van der Waals surface area contributed by atoms with Gasteiger partial charge in [-0.05, 0) is 36.2 Å². The highest BCUT2D eigenvalue weighted by atomic mass is 32.2. The second-order valence-corrected chi connectivity index (χ2v) is 9.13. The summed E-state index contributed by atoms with van der Waals surface area (Å²) < 4.78 is 0. The van der Waals surface area contributed by atoms with E-state index in [2.05, 4.69) is 22.4 Å². The van der Waals surface area contributed by atoms with Crippen molar-refractivity contribution in [3.8, 4) is 0 Å². The number of carbonyl (C=O) groups excluding carboxylic acids is 2. The van der Waals surface area contributed by atoms with Crippen LogP contribution in [0.25, 0.3) is 0 Å². The number of hydrogen-bond acceptors (Lipinski definition) is 6. The molecule has 1 aliphatic rings. The van der Waals surface area contributed by atoms with Crippen molar-refractivity contribution in [2.75, 3.05) is 16.8 Å². The molecule has 0 saturated carbocycles. The van der Waals surface area contributed by atoms with Crippen molar-refractivity contribution < 1.29 is 9.59 Å². The first-order valence-electron chi connectivity index (χ1n) is 9.82. The highest BCUT2D eigenvalue weighted by Gasteiger charge is 2.35. The highest BCUT2D eigenvalue weighted by molar-refractivity contribution is 7.98. The van der Waals surface area contributed by atoms with Gasteiger partial charge in [0.1, 0.15) is 5.01 Å². The van der Waals surface area contributed by atoms with Gasteiger partial charge in [-0.15, -0.1) is 22.0 Å². The molecule has 154 valence electrons. The molecule has 4 rings (SSSR count). The lowest BCUT2D eigenvalue weighted by Crippen LogP contribution is -2.28. The fourth-order valence-electron chi connectivity index (χ4n) is 3.28. The third-order valence-electron chi connectivity index (χ3n) is 4.95. The van der Waals surface area contributed by atoms with E-state index in [1.165, 1.54) is 16.9 Å². The van der Waals surface area contributed by atoms with Crippen molar-refractivity contribution in [1.82, 2.24) is 10.2 Å². The maximum absolute atomic E-state index is 12.7. The van der Waals surface area contributed by atoms with Crippen LogP contribution >= 0.6 is 23.1 Å². The van der Waals surface area contributed by atoms with Gasteiger partial charge < -0.3 is 10.2 Å². The number of aryl methyl sites for hydroxylation is 1. The zero-order valence-electron chi connectivity index (χ0n) is 16.6. The van der Waals surface area contributed by atoms with Gasteiger partial charge in [0, 0.05) is 23.5 Å². The minimum Gasteiger partial charge on any atom is -0.312 e. The molecule has 1 fully saturated rings. The van der Waals surface area contributed by atoms with Crippen molar-refractivity contribution >= 4 is 45.7 Å². The first-order valence-corrected chi connectivity index (χ1v) is 11.6. The van der Waals surface area contributed by atoms with Gasteiger partial charge in [0.15, 0.2) is 0 Å². The van der Waals surface area contributed by atoms with E-state index in [0.717, 1.165) is 22.0 Å². The lowest BCUT2D eigenvalue weighted by molar-refractivity contribution is -0.122. The lowest BCUT2D eigenvalue weighted by atomic mass is 10.1. The molecule has 0 bridgehead atoms. The van der Waals surface area contributed by atoms with Crippen LogP contribution in [0.4, 0.5) is 10.8 Å². The van der Waals surface area contributed by atoms with E-state index >= 15 is 0 Å². The maximum Gasteiger partial charge on any atom is 0.231 e. The van der Waals surface area contributed by atoms with E-state index in [4.69, 9.17) is 0 Å². The van der Waals surface area contributed by atoms with Crippen molar-refractivity contribution in [2.45, 2.75) is 30.4 Å². The Labute approximate surface area is 183 Å². The highest BCUT2D eigenvalue weighted by Crippen LogP contribution is 2.28. The predicted molar refractivity (Wildman–Crippen MR) is 121 cm³/mol. The van der Waals surface area contributed by atoms with Crippen LogP contribution in [0.15, 0.2) is 59.5 Å². The van der Waals surface area contributed by atoms with Gasteiger partial charge in [0.25, 0.3) is 0 Å². The predicted octanol–water partition coefficient (Wildman–Crippen LogP) is 4.38. The van der Waals surface area contributed by atoms with Crippen LogP contribution in [-0.2, 0) is 21.8 Å². The number of thioether (sulfide) groups is 1. The van der Waals surface area contributed by atoms with E-state index in [9.17, 15) is 9.59 Å². The molecule has 2 heterocycles. The molecule has 2 amide bonds. The number of carbonyl (C=O) groups is 2. The normalized spacial score (nSPS) is 16.1. The Morgan fingerprint density at radius 2 is 1.93 bits per heavy atom. The Balaban J connectivity index is 1.33. The van der Waals surface area contributed by atoms with Crippen LogP contribution < -0.4 is 10.2 Å². The van der Waals surface area contributed by atoms with E-state index in [1.807, 2.05) is 54.6 Å². The first kappa shape index (κ1) is 20.6. The zero-order chi connectivity index (χ0) is 20.9. The third-order valence-corrected chi connectivity index (χ3v) is 7.00. The lowest BCUT2D eigenvalue weighted by Gasteiger charge is -2.17. The number of hydrogen-bond donors (Lipinski definition) is 1. The number of aromatic nitrogens is 2. The first-order chi connectivity index (χ1) is 14.6. The van der Waals surface area contributed by atoms with Crippen LogP contribution in [-0.4, -0.2) is 28.6 Å². The maximum atomic E-state index is 12.7. The van der Waals surface area contributed by atoms with Crippen molar-refractivity contribution in [1.29, 1.82) is 0 Å². The minimum atomic E-state index is -0.394. The Morgan fingerprint density at radius 1 is 1.17 bits per heavy atom. The number of nitrogens with zero attached hydrogens (tertiary/aromatic N) is 3. The molecular formula is C22H22N4O2S2. The third kappa shape index (κ3) is 4.88. The molecule has 1 atom stereocenters. The summed E-state index contributed by atoms with van der Waals surface area (Å²) in [4.78, 5) is 28.0. The Morgan fingerprint density at radius 3 is 2.67 bits per heavy atom. The van der Waals surface area contributed by atoms with Crippen LogP contribution in [0.2, 0.25) is 0 Å². The summed E-state index contributed by atoms with van der Waals surface area (Å²) in [6.07, 6.45) is 1.16. The summed E-state index contributed by atoms with van der Waals surface area (Å²) in [5.41, 5.74) is 2.06. The average Bonchev–Trinajstić information content (AvgIpc) is 3.39. The van der Waals surface area contributed by atoms with Crippen LogP contribution in [0.3, 0.4) is 0 Å². The van der Waals surface area contributed by atoms with Gasteiger partial charge in [-0.3, -0.25) is 9.59 Å². The van der Waals surface area contributed by atoms with Gasteiger partial charge in [0.2, 0.25) is 16.9 Å². The number of benzene rings is 2. The van der Waals surface area contributed by atoms with Gasteiger partial charge in [-0.25, -0.2) is 0 Å². The molecule has 0 spiro atoms. The fraction of sp³-hybridized carbons (Fsp3) is 0.273. The van der Waals surface area contributed by atoms with Crippen LogP contribution in [0, 0.1) is 5.92 Å². The molecular weight excluding hydrogens is 416 g/mol. The molecule has 1 N–H and O–H groups in total. The van der Waals surface area contributed by atoms with Gasteiger partial charge in [0.05, 0.1) is 11.7 Å². The second-order valence-electron chi connectivity index (χ2n) is 7.02. The summed E-state index contributed by atoms with van der Waals surface area (Å²) in [6, 6.07) is 18.0. The molecule has 30 heavy (non-hydrogen) atoms. The molecule has 0 radical (unpaired) electrons. The number of anilines is 2. The monoisotopic (exact) mass is 438 g/mol. The van der Waals surface area contributed by atoms with Crippen molar-refractivity contribution in [2.24, 2.45) is 5.92 Å². The molecule has 8 heteroatoms. The zero-order valence-corrected chi connectivity index (χ0v) is 18.2. The number of amides is 2. The summed E-state index contributed by atoms with van der Waals surface area (Å²) >= 11 is 3.04. The fourth-order valence-corrected chi connectivity index (χ4v) is 4.92. The van der Waals surface area contributed by atoms with E-state index in [1.54, 1.807) is 16.7 Å². The quantitative estimate of drug-likeness (QED) is 0.554. The smallest absolute Gasteiger partial charge is 0.231 e. The number of rotatable bonds is 7. The summed E-state index contributed by atoms with van der Waals surface area (Å²) in [5, 5.41) is 12.4. The molecule has 2 aromatic carbocycles. The average molecular weight is 439 g/mol. The standard InChI is InChI=1S/C22H22N4O2S2/c1-2-15-8-10-17(11-9-15)26-13-16(12-20(26)27)21(28)23-22-25-24-19(30-22)14-29-18-6-4-3-5-7-18/h3-11,16H,2,12-14H2,1H3,(H,23,25,28). The minimum absolute atomic E-state index is 0.0309. The largest absolute Gasteiger partial charge is 0.312 e. The topological polar surface area (TPSA) is 75.2 Å². The summed E-state index contributed by atoms with van der Waals surface area (Å²) in [5.74, 6) is 0.0847. The molecule has 0 aliphatic carbocycles. The Hall–Kier alpha value is -2.71. The summed E-state index contributed by atoms with van der Waals surface area (Å²) in [7, 11) is 0. The second kappa shape index (κ2) is 9.40. The molecule has 6 nitrogen and oxygen atoms in total. The van der Waals surface area contributed by atoms with E-state index in [-0.39, 0.29) is 18.2 Å². The molecule has 1 saturated heterocycles. The van der Waals surface area contributed by atoms with Crippen molar-refractivity contribution in [3.05, 3.63) is 65.2 Å². The van der Waals surface area contributed by atoms with Crippen LogP contribution in [0.5, 0.6) is 0 Å². The Kier molecular flexibility index (Phi) is 6.44. The Bertz CT molecular complexity index is 1020. The van der Waals surface area contributed by atoms with Crippen LogP contribution in [0.1, 0.15) is 23.9 Å².